The maximum atomic E-state index is 13.3. The van der Waals surface area contributed by atoms with Crippen molar-refractivity contribution in [1.29, 1.82) is 0 Å². The van der Waals surface area contributed by atoms with E-state index in [9.17, 15) is 32.3 Å². The van der Waals surface area contributed by atoms with Gasteiger partial charge in [-0.2, -0.15) is 18.3 Å². The Morgan fingerprint density at radius 2 is 1.75 bits per heavy atom. The molecule has 55 heavy (non-hydrogen) atoms. The number of fused-ring (bicyclic) bond motifs is 2. The summed E-state index contributed by atoms with van der Waals surface area (Å²) < 4.78 is 41.1. The molecule has 1 saturated carbocycles. The third kappa shape index (κ3) is 8.21. The monoisotopic (exact) mass is 762 g/mol. The van der Waals surface area contributed by atoms with Gasteiger partial charge in [0.2, 0.25) is 11.8 Å². The molecule has 2 aromatic carbocycles. The summed E-state index contributed by atoms with van der Waals surface area (Å²) in [5.41, 5.74) is 3.87. The highest BCUT2D eigenvalue weighted by Gasteiger charge is 2.34. The number of nitrogens with zero attached hydrogens (tertiary/aromatic N) is 5. The Morgan fingerprint density at radius 3 is 2.47 bits per heavy atom. The molecule has 3 aliphatic rings. The van der Waals surface area contributed by atoms with E-state index in [-0.39, 0.29) is 32.5 Å². The minimum absolute atomic E-state index is 0. The summed E-state index contributed by atoms with van der Waals surface area (Å²) in [6, 6.07) is 11.6. The fourth-order valence-electron chi connectivity index (χ4n) is 8.42. The first-order valence-corrected chi connectivity index (χ1v) is 18.9. The topological polar surface area (TPSA) is 147 Å². The second-order valence-corrected chi connectivity index (χ2v) is 15.0. The van der Waals surface area contributed by atoms with E-state index in [2.05, 4.69) is 43.7 Å². The lowest BCUT2D eigenvalue weighted by Gasteiger charge is -2.36. The van der Waals surface area contributed by atoms with E-state index >= 15 is 0 Å². The van der Waals surface area contributed by atoms with E-state index in [1.54, 1.807) is 33.5 Å². The number of hydrogen-bond donors (Lipinski definition) is 3. The number of alkyl halides is 3. The Kier molecular flexibility index (Phi) is 10.9. The van der Waals surface area contributed by atoms with Crippen LogP contribution in [0, 0.1) is 12.8 Å². The number of H-pyrrole nitrogens is 1. The molecule has 5 heterocycles. The number of hydrogen-bond acceptors (Lipinski definition) is 7. The van der Waals surface area contributed by atoms with E-state index in [4.69, 9.17) is 0 Å². The maximum Gasteiger partial charge on any atom is 0.433 e. The zero-order valence-corrected chi connectivity index (χ0v) is 30.9. The Labute approximate surface area is 318 Å². The van der Waals surface area contributed by atoms with Gasteiger partial charge in [0.05, 0.1) is 22.7 Å². The van der Waals surface area contributed by atoms with Crippen molar-refractivity contribution < 1.29 is 30.4 Å². The van der Waals surface area contributed by atoms with Crippen LogP contribution in [0.5, 0.6) is 0 Å². The van der Waals surface area contributed by atoms with Gasteiger partial charge in [0.15, 0.2) is 0 Å². The van der Waals surface area contributed by atoms with Gasteiger partial charge < -0.3 is 10.2 Å². The average molecular weight is 763 g/mol. The number of aryl methyl sites for hydroxylation is 2. The number of carbonyl (C=O) groups is 3. The van der Waals surface area contributed by atoms with Crippen LogP contribution in [-0.4, -0.2) is 66.6 Å². The van der Waals surface area contributed by atoms with Crippen molar-refractivity contribution in [3.8, 4) is 0 Å². The second kappa shape index (κ2) is 15.8. The van der Waals surface area contributed by atoms with Crippen LogP contribution in [-0.2, 0) is 22.8 Å². The molecule has 8 rings (SSSR count). The Balaban J connectivity index is 0.000000226. The number of rotatable bonds is 6. The summed E-state index contributed by atoms with van der Waals surface area (Å²) in [4.78, 5) is 55.5. The summed E-state index contributed by atoms with van der Waals surface area (Å²) in [6.07, 6.45) is 6.76. The van der Waals surface area contributed by atoms with Gasteiger partial charge in [0, 0.05) is 33.9 Å². The largest absolute Gasteiger partial charge is 0.433 e. The smallest absolute Gasteiger partial charge is 0.321 e. The number of benzene rings is 2. The number of anilines is 1. The van der Waals surface area contributed by atoms with Gasteiger partial charge in [-0.05, 0) is 111 Å². The summed E-state index contributed by atoms with van der Waals surface area (Å²) in [6.45, 7) is 5.59. The van der Waals surface area contributed by atoms with E-state index in [1.807, 2.05) is 13.1 Å². The molecule has 0 radical (unpaired) electrons. The lowest BCUT2D eigenvalue weighted by atomic mass is 9.84. The highest BCUT2D eigenvalue weighted by molar-refractivity contribution is 6.04. The number of nitrogens with one attached hydrogen (secondary N) is 3. The van der Waals surface area contributed by atoms with Crippen LogP contribution in [0.25, 0.3) is 21.9 Å². The summed E-state index contributed by atoms with van der Waals surface area (Å²) in [5.74, 6) is -0.0719. The average Bonchev–Trinajstić information content (AvgIpc) is 3.74. The van der Waals surface area contributed by atoms with Crippen LogP contribution >= 0.6 is 0 Å². The van der Waals surface area contributed by atoms with Crippen LogP contribution in [0.15, 0.2) is 59.5 Å². The highest BCUT2D eigenvalue weighted by Crippen LogP contribution is 2.37. The first-order chi connectivity index (χ1) is 26.4. The molecular weight excluding hydrogens is 713 g/mol. The number of likely N-dealkylation sites (tertiary alicyclic amines) is 1. The third-order valence-electron chi connectivity index (χ3n) is 11.2. The first-order valence-electron chi connectivity index (χ1n) is 18.9. The summed E-state index contributed by atoms with van der Waals surface area (Å²) >= 11 is 0. The van der Waals surface area contributed by atoms with E-state index < -0.39 is 23.8 Å². The van der Waals surface area contributed by atoms with Gasteiger partial charge in [0.1, 0.15) is 17.4 Å². The number of imidazole rings is 1. The maximum absolute atomic E-state index is 13.3. The van der Waals surface area contributed by atoms with Gasteiger partial charge in [-0.15, -0.1) is 0 Å². The standard InChI is InChI=1S/C26H36N4O3.C14H9F3N4O.2H2/c1-17-8-9-20-24(28(2)26(33)30(20)21-10-11-22(31)27-25(21)32)23(17)19-12-14-29(15-13-19)16-18-6-4-3-5-7-18;15-14(16,17)12-3-1-2-11(20-12)13(22)19-9-4-5-10-8(6-9)7-18-21-10;;/h8-9,18-19,21H,3-7,10-16H2,1-2H3,(H,27,31,32);1-7H,(H,18,21)(H,19,22);2*1H. The Hall–Kier alpha value is -5.31. The molecule has 2 saturated heterocycles. The van der Waals surface area contributed by atoms with Gasteiger partial charge in [-0.3, -0.25) is 33.9 Å². The number of pyridine rings is 1. The number of halogens is 3. The number of imide groups is 1. The normalized spacial score (nSPS) is 19.0. The molecular formula is C40H49F3N8O4. The number of carbonyl (C=O) groups excluding carboxylic acids is 3. The Bertz CT molecular complexity index is 2290. The minimum atomic E-state index is -4.59. The summed E-state index contributed by atoms with van der Waals surface area (Å²) in [5, 5.41) is 12.3. The fourth-order valence-corrected chi connectivity index (χ4v) is 8.42. The number of piperidine rings is 2. The summed E-state index contributed by atoms with van der Waals surface area (Å²) in [7, 11) is 1.81. The van der Waals surface area contributed by atoms with Gasteiger partial charge in [0.25, 0.3) is 5.91 Å². The quantitative estimate of drug-likeness (QED) is 0.156. The Morgan fingerprint density at radius 1 is 0.982 bits per heavy atom. The van der Waals surface area contributed by atoms with Crippen molar-refractivity contribution >= 4 is 45.3 Å². The lowest BCUT2D eigenvalue weighted by Crippen LogP contribution is -2.44. The molecule has 1 unspecified atom stereocenters. The van der Waals surface area contributed by atoms with Crippen LogP contribution < -0.4 is 16.3 Å². The number of aromatic nitrogens is 5. The zero-order valence-electron chi connectivity index (χ0n) is 30.9. The van der Waals surface area contributed by atoms with Crippen LogP contribution in [0.2, 0.25) is 0 Å². The van der Waals surface area contributed by atoms with Crippen molar-refractivity contribution in [1.82, 2.24) is 34.5 Å². The molecule has 3 amide bonds. The zero-order chi connectivity index (χ0) is 38.9. The van der Waals surface area contributed by atoms with Gasteiger partial charge in [-0.25, -0.2) is 9.78 Å². The lowest BCUT2D eigenvalue weighted by molar-refractivity contribution is -0.141. The SMILES string of the molecule is Cc1ccc2c(c1C1CCN(CC3CCCCC3)CC1)n(C)c(=O)n2C1CCC(=O)NC1=O.O=C(Nc1ccc2[nH]ncc2c1)c1cccc(C(F)(F)F)n1.[HH].[HH]. The molecule has 3 fully saturated rings. The van der Waals surface area contributed by atoms with Crippen molar-refractivity contribution in [3.05, 3.63) is 87.7 Å². The molecule has 12 nitrogen and oxygen atoms in total. The third-order valence-corrected chi connectivity index (χ3v) is 11.2. The molecule has 5 aromatic rings. The molecule has 15 heteroatoms. The predicted molar refractivity (Wildman–Crippen MR) is 206 cm³/mol. The molecule has 3 aromatic heterocycles. The fraction of sp³-hybridized carbons (Fsp3) is 0.450. The number of aromatic amines is 1. The molecule has 3 N–H and O–H groups in total. The van der Waals surface area contributed by atoms with Crippen LogP contribution in [0.3, 0.4) is 0 Å². The van der Waals surface area contributed by atoms with E-state index in [0.717, 1.165) is 65.9 Å². The minimum Gasteiger partial charge on any atom is -0.321 e. The molecule has 0 spiro atoms. The first kappa shape index (κ1) is 38.0. The van der Waals surface area contributed by atoms with Crippen molar-refractivity contribution in [2.75, 3.05) is 25.0 Å². The van der Waals surface area contributed by atoms with Gasteiger partial charge in [-0.1, -0.05) is 31.4 Å². The van der Waals surface area contributed by atoms with Crippen molar-refractivity contribution in [2.24, 2.45) is 13.0 Å². The molecule has 1 atom stereocenters. The molecule has 2 aliphatic heterocycles. The van der Waals surface area contributed by atoms with Crippen molar-refractivity contribution in [3.63, 3.8) is 0 Å². The molecule has 0 bridgehead atoms. The van der Waals surface area contributed by atoms with Crippen molar-refractivity contribution in [2.45, 2.75) is 82.8 Å². The predicted octanol–water partition coefficient (Wildman–Crippen LogP) is 7.11. The van der Waals surface area contributed by atoms with Crippen LogP contribution in [0.4, 0.5) is 18.9 Å². The second-order valence-electron chi connectivity index (χ2n) is 15.0. The highest BCUT2D eigenvalue weighted by atomic mass is 19.4. The molecule has 294 valence electrons. The van der Waals surface area contributed by atoms with Crippen LogP contribution in [0.1, 0.15) is 99.9 Å². The van der Waals surface area contributed by atoms with Gasteiger partial charge >= 0.3 is 11.9 Å². The van der Waals surface area contributed by atoms with E-state index in [1.165, 1.54) is 55.8 Å². The van der Waals surface area contributed by atoms with E-state index in [0.29, 0.717) is 18.0 Å². The number of amides is 3. The molecule has 1 aliphatic carbocycles.